The van der Waals surface area contributed by atoms with Gasteiger partial charge in [0.1, 0.15) is 6.04 Å². The third-order valence-electron chi connectivity index (χ3n) is 3.72. The number of carbonyl (C=O) groups excluding carboxylic acids is 1. The average molecular weight is 290 g/mol. The lowest BCUT2D eigenvalue weighted by Gasteiger charge is -2.19. The fraction of sp³-hybridized carbons (Fsp3) is 0.588. The Bertz CT molecular complexity index is 470. The molecule has 0 saturated heterocycles. The molecule has 0 aliphatic heterocycles. The number of likely N-dealkylation sites (N-methyl/N-ethyl adjacent to an activating group) is 1. The number of ether oxygens (including phenoxy) is 1. The van der Waals surface area contributed by atoms with Gasteiger partial charge in [-0.15, -0.1) is 0 Å². The average Bonchev–Trinajstić information content (AvgIpc) is 3.28. The minimum atomic E-state index is -0.372. The Morgan fingerprint density at radius 3 is 2.81 bits per heavy atom. The number of hydrogen-bond acceptors (Lipinski definition) is 4. The maximum Gasteiger partial charge on any atom is 0.327 e. The summed E-state index contributed by atoms with van der Waals surface area (Å²) in [6.07, 6.45) is 2.53. The quantitative estimate of drug-likeness (QED) is 0.746. The third kappa shape index (κ3) is 4.83. The van der Waals surface area contributed by atoms with E-state index >= 15 is 0 Å². The lowest BCUT2D eigenvalue weighted by molar-refractivity contribution is -0.145. The normalized spacial score (nSPS) is 16.0. The van der Waals surface area contributed by atoms with E-state index < -0.39 is 0 Å². The van der Waals surface area contributed by atoms with Gasteiger partial charge in [-0.25, -0.2) is 4.79 Å². The summed E-state index contributed by atoms with van der Waals surface area (Å²) in [7, 11) is 4.05. The second-order valence-electron chi connectivity index (χ2n) is 5.89. The first-order valence-electron chi connectivity index (χ1n) is 7.76. The van der Waals surface area contributed by atoms with Crippen LogP contribution in [0.1, 0.15) is 42.9 Å². The Morgan fingerprint density at radius 1 is 1.43 bits per heavy atom. The van der Waals surface area contributed by atoms with Crippen LogP contribution in [-0.4, -0.2) is 44.7 Å². The molecule has 1 aromatic carbocycles. The van der Waals surface area contributed by atoms with Crippen molar-refractivity contribution in [2.24, 2.45) is 0 Å². The first-order valence-corrected chi connectivity index (χ1v) is 7.76. The summed E-state index contributed by atoms with van der Waals surface area (Å²) in [6.45, 7) is 3.89. The van der Waals surface area contributed by atoms with E-state index in [1.165, 1.54) is 18.4 Å². The van der Waals surface area contributed by atoms with E-state index in [4.69, 9.17) is 4.74 Å². The molecule has 0 radical (unpaired) electrons. The molecule has 0 aromatic heterocycles. The van der Waals surface area contributed by atoms with Gasteiger partial charge in [-0.2, -0.15) is 0 Å². The molecule has 0 heterocycles. The zero-order valence-corrected chi connectivity index (χ0v) is 13.3. The standard InChI is InChI=1S/C17H26N2O2/c1-4-21-17(20)16(18-10-11-19(2)3)15-7-5-6-14(12-15)13-8-9-13/h5-7,12-13,16,18H,4,8-11H2,1-3H3. The van der Waals surface area contributed by atoms with Crippen molar-refractivity contribution in [1.82, 2.24) is 10.2 Å². The highest BCUT2D eigenvalue weighted by Crippen LogP contribution is 2.40. The Labute approximate surface area is 127 Å². The molecular formula is C17H26N2O2. The van der Waals surface area contributed by atoms with Crippen LogP contribution < -0.4 is 5.32 Å². The van der Waals surface area contributed by atoms with Gasteiger partial charge in [0.2, 0.25) is 0 Å². The van der Waals surface area contributed by atoms with Crippen LogP contribution >= 0.6 is 0 Å². The van der Waals surface area contributed by atoms with Crippen molar-refractivity contribution in [2.45, 2.75) is 31.7 Å². The minimum Gasteiger partial charge on any atom is -0.465 e. The summed E-state index contributed by atoms with van der Waals surface area (Å²) in [5, 5.41) is 3.32. The number of benzene rings is 1. The molecule has 4 nitrogen and oxygen atoms in total. The molecule has 0 spiro atoms. The van der Waals surface area contributed by atoms with Crippen molar-refractivity contribution in [3.05, 3.63) is 35.4 Å². The van der Waals surface area contributed by atoms with E-state index in [0.29, 0.717) is 12.5 Å². The maximum atomic E-state index is 12.2. The minimum absolute atomic E-state index is 0.191. The van der Waals surface area contributed by atoms with Crippen LogP contribution in [0.15, 0.2) is 24.3 Å². The molecule has 1 fully saturated rings. The zero-order valence-electron chi connectivity index (χ0n) is 13.3. The largest absolute Gasteiger partial charge is 0.465 e. The molecule has 1 saturated carbocycles. The Kier molecular flexibility index (Phi) is 5.76. The zero-order chi connectivity index (χ0) is 15.2. The van der Waals surface area contributed by atoms with E-state index in [-0.39, 0.29) is 12.0 Å². The fourth-order valence-electron chi connectivity index (χ4n) is 2.40. The van der Waals surface area contributed by atoms with Gasteiger partial charge in [-0.3, -0.25) is 5.32 Å². The predicted molar refractivity (Wildman–Crippen MR) is 84.3 cm³/mol. The molecule has 2 rings (SSSR count). The van der Waals surface area contributed by atoms with E-state index in [2.05, 4.69) is 22.3 Å². The third-order valence-corrected chi connectivity index (χ3v) is 3.72. The summed E-state index contributed by atoms with van der Waals surface area (Å²) < 4.78 is 5.22. The van der Waals surface area contributed by atoms with Crippen molar-refractivity contribution in [1.29, 1.82) is 0 Å². The van der Waals surface area contributed by atoms with Crippen LogP contribution in [0, 0.1) is 0 Å². The molecule has 21 heavy (non-hydrogen) atoms. The molecule has 0 bridgehead atoms. The lowest BCUT2D eigenvalue weighted by Crippen LogP contribution is -2.35. The number of carbonyl (C=O) groups is 1. The fourth-order valence-corrected chi connectivity index (χ4v) is 2.40. The highest BCUT2D eigenvalue weighted by molar-refractivity contribution is 5.77. The summed E-state index contributed by atoms with van der Waals surface area (Å²) >= 11 is 0. The summed E-state index contributed by atoms with van der Waals surface area (Å²) in [6, 6.07) is 7.99. The highest BCUT2D eigenvalue weighted by atomic mass is 16.5. The van der Waals surface area contributed by atoms with Crippen molar-refractivity contribution >= 4 is 5.97 Å². The van der Waals surface area contributed by atoms with Crippen LogP contribution in [0.25, 0.3) is 0 Å². The second kappa shape index (κ2) is 7.57. The van der Waals surface area contributed by atoms with Gasteiger partial charge in [0.15, 0.2) is 0 Å². The molecule has 116 valence electrons. The maximum absolute atomic E-state index is 12.2. The molecule has 1 unspecified atom stereocenters. The molecule has 4 heteroatoms. The van der Waals surface area contributed by atoms with E-state index in [1.807, 2.05) is 33.2 Å². The monoisotopic (exact) mass is 290 g/mol. The van der Waals surface area contributed by atoms with Crippen molar-refractivity contribution in [3.63, 3.8) is 0 Å². The Hall–Kier alpha value is -1.39. The Morgan fingerprint density at radius 2 is 2.19 bits per heavy atom. The summed E-state index contributed by atoms with van der Waals surface area (Å²) in [5.41, 5.74) is 2.35. The van der Waals surface area contributed by atoms with Gasteiger partial charge in [0.05, 0.1) is 6.61 Å². The molecule has 0 amide bonds. The van der Waals surface area contributed by atoms with E-state index in [1.54, 1.807) is 0 Å². The number of esters is 1. The van der Waals surface area contributed by atoms with Gasteiger partial charge in [-0.1, -0.05) is 24.3 Å². The smallest absolute Gasteiger partial charge is 0.327 e. The molecule has 1 aliphatic rings. The first kappa shape index (κ1) is 16.0. The SMILES string of the molecule is CCOC(=O)C(NCCN(C)C)c1cccc(C2CC2)c1. The Balaban J connectivity index is 2.09. The molecular weight excluding hydrogens is 264 g/mol. The molecule has 1 N–H and O–H groups in total. The second-order valence-corrected chi connectivity index (χ2v) is 5.89. The van der Waals surface area contributed by atoms with Gasteiger partial charge < -0.3 is 9.64 Å². The lowest BCUT2D eigenvalue weighted by atomic mass is 10.0. The van der Waals surface area contributed by atoms with Crippen LogP contribution in [0.5, 0.6) is 0 Å². The van der Waals surface area contributed by atoms with Crippen LogP contribution in [0.2, 0.25) is 0 Å². The highest BCUT2D eigenvalue weighted by Gasteiger charge is 2.26. The molecule has 1 atom stereocenters. The van der Waals surface area contributed by atoms with Crippen LogP contribution in [0.4, 0.5) is 0 Å². The van der Waals surface area contributed by atoms with E-state index in [9.17, 15) is 4.79 Å². The summed E-state index contributed by atoms with van der Waals surface area (Å²) in [4.78, 5) is 14.3. The predicted octanol–water partition coefficient (Wildman–Crippen LogP) is 2.32. The van der Waals surface area contributed by atoms with Gasteiger partial charge in [-0.05, 0) is 50.9 Å². The van der Waals surface area contributed by atoms with Gasteiger partial charge >= 0.3 is 5.97 Å². The van der Waals surface area contributed by atoms with Crippen molar-refractivity contribution < 1.29 is 9.53 Å². The number of rotatable bonds is 8. The van der Waals surface area contributed by atoms with Crippen molar-refractivity contribution in [3.8, 4) is 0 Å². The molecule has 1 aliphatic carbocycles. The van der Waals surface area contributed by atoms with Crippen molar-refractivity contribution in [2.75, 3.05) is 33.8 Å². The first-order chi connectivity index (χ1) is 10.1. The van der Waals surface area contributed by atoms with Crippen LogP contribution in [0.3, 0.4) is 0 Å². The topological polar surface area (TPSA) is 41.6 Å². The van der Waals surface area contributed by atoms with E-state index in [0.717, 1.165) is 18.7 Å². The molecule has 1 aromatic rings. The summed E-state index contributed by atoms with van der Waals surface area (Å²) in [5.74, 6) is 0.499. The van der Waals surface area contributed by atoms with Gasteiger partial charge in [0.25, 0.3) is 0 Å². The van der Waals surface area contributed by atoms with Gasteiger partial charge in [0, 0.05) is 13.1 Å². The number of nitrogens with one attached hydrogen (secondary N) is 1. The number of hydrogen-bond donors (Lipinski definition) is 1. The number of nitrogens with zero attached hydrogens (tertiary/aromatic N) is 1. The van der Waals surface area contributed by atoms with Crippen LogP contribution in [-0.2, 0) is 9.53 Å².